The van der Waals surface area contributed by atoms with Gasteiger partial charge in [-0.1, -0.05) is 30.3 Å². The molecule has 1 N–H and O–H groups in total. The number of para-hydroxylation sites is 2. The maximum Gasteiger partial charge on any atom is 0.417 e. The van der Waals surface area contributed by atoms with Gasteiger partial charge in [0.05, 0.1) is 18.4 Å². The third-order valence-electron chi connectivity index (χ3n) is 3.17. The molecule has 8 heteroatoms. The minimum absolute atomic E-state index is 0.150. The van der Waals surface area contributed by atoms with E-state index in [2.05, 4.69) is 10.5 Å². The Morgan fingerprint density at radius 1 is 1.08 bits per heavy atom. The number of ether oxygens (including phenoxy) is 2. The molecule has 5 nitrogen and oxygen atoms in total. The molecule has 2 aromatic carbocycles. The molecule has 138 valence electrons. The quantitative estimate of drug-likeness (QED) is 0.601. The molecule has 0 unspecified atom stereocenters. The number of benzene rings is 2. The minimum Gasteiger partial charge on any atom is -0.490 e. The summed E-state index contributed by atoms with van der Waals surface area (Å²) < 4.78 is 49.3. The zero-order valence-corrected chi connectivity index (χ0v) is 13.9. The molecule has 2 rings (SSSR count). The van der Waals surface area contributed by atoms with Crippen LogP contribution in [0.4, 0.5) is 13.2 Å². The highest BCUT2D eigenvalue weighted by Gasteiger charge is 2.32. The van der Waals surface area contributed by atoms with Crippen molar-refractivity contribution in [1.82, 2.24) is 5.43 Å². The van der Waals surface area contributed by atoms with Crippen LogP contribution >= 0.6 is 0 Å². The van der Waals surface area contributed by atoms with Gasteiger partial charge in [0.15, 0.2) is 18.1 Å². The molecule has 0 spiro atoms. The van der Waals surface area contributed by atoms with E-state index >= 15 is 0 Å². The predicted octanol–water partition coefficient (Wildman–Crippen LogP) is 3.63. The Bertz CT molecular complexity index is 776. The smallest absolute Gasteiger partial charge is 0.417 e. The Morgan fingerprint density at radius 3 is 2.35 bits per heavy atom. The number of rotatable bonds is 7. The van der Waals surface area contributed by atoms with E-state index in [1.165, 1.54) is 18.2 Å². The van der Waals surface area contributed by atoms with Crippen LogP contribution in [0.2, 0.25) is 0 Å². The lowest BCUT2D eigenvalue weighted by molar-refractivity contribution is -0.137. The average molecular weight is 366 g/mol. The van der Waals surface area contributed by atoms with Gasteiger partial charge in [-0.25, -0.2) is 5.43 Å². The fourth-order valence-electron chi connectivity index (χ4n) is 2.06. The molecule has 2 aromatic rings. The second-order valence-corrected chi connectivity index (χ2v) is 5.05. The van der Waals surface area contributed by atoms with Gasteiger partial charge in [0, 0.05) is 5.56 Å². The lowest BCUT2D eigenvalue weighted by atomic mass is 10.1. The zero-order valence-electron chi connectivity index (χ0n) is 13.9. The number of halogens is 3. The molecule has 0 aliphatic rings. The second-order valence-electron chi connectivity index (χ2n) is 5.05. The summed E-state index contributed by atoms with van der Waals surface area (Å²) in [5.74, 6) is 0.262. The van der Waals surface area contributed by atoms with Crippen molar-refractivity contribution < 1.29 is 27.4 Å². The molecule has 0 radical (unpaired) electrons. The summed E-state index contributed by atoms with van der Waals surface area (Å²) in [7, 11) is 0. The first kappa shape index (κ1) is 19.3. The van der Waals surface area contributed by atoms with Crippen LogP contribution in [0, 0.1) is 0 Å². The van der Waals surface area contributed by atoms with E-state index in [0.717, 1.165) is 12.3 Å². The molecule has 0 aromatic heterocycles. The summed E-state index contributed by atoms with van der Waals surface area (Å²) >= 11 is 0. The van der Waals surface area contributed by atoms with Gasteiger partial charge in [-0.05, 0) is 25.1 Å². The highest BCUT2D eigenvalue weighted by molar-refractivity contribution is 5.84. The molecule has 0 aliphatic carbocycles. The van der Waals surface area contributed by atoms with Gasteiger partial charge in [-0.15, -0.1) is 0 Å². The Morgan fingerprint density at radius 2 is 1.69 bits per heavy atom. The van der Waals surface area contributed by atoms with E-state index < -0.39 is 17.6 Å². The first-order valence-electron chi connectivity index (χ1n) is 7.74. The topological polar surface area (TPSA) is 59.9 Å². The Balaban J connectivity index is 1.93. The summed E-state index contributed by atoms with van der Waals surface area (Å²) in [6.07, 6.45) is -3.56. The summed E-state index contributed by atoms with van der Waals surface area (Å²) in [6, 6.07) is 11.8. The van der Waals surface area contributed by atoms with Crippen LogP contribution in [-0.4, -0.2) is 25.3 Å². The number of hydrogen-bond donors (Lipinski definition) is 1. The van der Waals surface area contributed by atoms with Crippen molar-refractivity contribution in [3.63, 3.8) is 0 Å². The molecule has 0 saturated carbocycles. The number of nitrogens with one attached hydrogen (secondary N) is 1. The van der Waals surface area contributed by atoms with Crippen molar-refractivity contribution in [2.45, 2.75) is 13.1 Å². The Labute approximate surface area is 148 Å². The van der Waals surface area contributed by atoms with Gasteiger partial charge >= 0.3 is 6.18 Å². The number of hydrazone groups is 1. The van der Waals surface area contributed by atoms with Crippen LogP contribution < -0.4 is 14.9 Å². The molecule has 0 bridgehead atoms. The molecule has 0 saturated heterocycles. The standard InChI is InChI=1S/C18H17F3N2O3/c1-2-25-15-9-5-6-10-16(15)26-12-17(24)23-22-11-13-7-3-4-8-14(13)18(19,20)21/h3-11H,2,12H2,1H3,(H,23,24)/b22-11+. The number of carbonyl (C=O) groups is 1. The maximum absolute atomic E-state index is 12.9. The summed E-state index contributed by atoms with van der Waals surface area (Å²) in [5, 5.41) is 3.55. The number of amides is 1. The van der Waals surface area contributed by atoms with Crippen molar-refractivity contribution in [3.05, 3.63) is 59.7 Å². The highest BCUT2D eigenvalue weighted by atomic mass is 19.4. The van der Waals surface area contributed by atoms with Gasteiger partial charge in [-0.2, -0.15) is 18.3 Å². The Kier molecular flexibility index (Phi) is 6.60. The molecule has 0 fully saturated rings. The first-order valence-corrected chi connectivity index (χ1v) is 7.74. The molecule has 1 amide bonds. The SMILES string of the molecule is CCOc1ccccc1OCC(=O)N/N=C/c1ccccc1C(F)(F)F. The molecular weight excluding hydrogens is 349 g/mol. The fraction of sp³-hybridized carbons (Fsp3) is 0.222. The lowest BCUT2D eigenvalue weighted by Gasteiger charge is -2.11. The van der Waals surface area contributed by atoms with Crippen LogP contribution in [0.25, 0.3) is 0 Å². The highest BCUT2D eigenvalue weighted by Crippen LogP contribution is 2.31. The minimum atomic E-state index is -4.50. The predicted molar refractivity (Wildman–Crippen MR) is 90.3 cm³/mol. The van der Waals surface area contributed by atoms with E-state index in [1.807, 2.05) is 6.92 Å². The van der Waals surface area contributed by atoms with E-state index in [1.54, 1.807) is 24.3 Å². The van der Waals surface area contributed by atoms with Gasteiger partial charge in [-0.3, -0.25) is 4.79 Å². The van der Waals surface area contributed by atoms with E-state index in [4.69, 9.17) is 9.47 Å². The van der Waals surface area contributed by atoms with E-state index in [9.17, 15) is 18.0 Å². The zero-order chi connectivity index (χ0) is 19.0. The molecule has 0 atom stereocenters. The van der Waals surface area contributed by atoms with Crippen LogP contribution in [0.15, 0.2) is 53.6 Å². The molecule has 0 heterocycles. The van der Waals surface area contributed by atoms with Crippen LogP contribution in [-0.2, 0) is 11.0 Å². The summed E-state index contributed by atoms with van der Waals surface area (Å²) in [6.45, 7) is 1.90. The van der Waals surface area contributed by atoms with Gasteiger partial charge in [0.25, 0.3) is 5.91 Å². The number of alkyl halides is 3. The molecule has 0 aliphatic heterocycles. The van der Waals surface area contributed by atoms with E-state index in [-0.39, 0.29) is 12.2 Å². The second kappa shape index (κ2) is 8.89. The number of nitrogens with zero attached hydrogens (tertiary/aromatic N) is 1. The van der Waals surface area contributed by atoms with Crippen molar-refractivity contribution in [3.8, 4) is 11.5 Å². The van der Waals surface area contributed by atoms with E-state index in [0.29, 0.717) is 18.1 Å². The van der Waals surface area contributed by atoms with Gasteiger partial charge in [0.1, 0.15) is 0 Å². The lowest BCUT2D eigenvalue weighted by Crippen LogP contribution is -2.25. The number of carbonyl (C=O) groups excluding carboxylic acids is 1. The van der Waals surface area contributed by atoms with Crippen molar-refractivity contribution in [1.29, 1.82) is 0 Å². The summed E-state index contributed by atoms with van der Waals surface area (Å²) in [5.41, 5.74) is 1.15. The molecular formula is C18H17F3N2O3. The van der Waals surface area contributed by atoms with Crippen LogP contribution in [0.5, 0.6) is 11.5 Å². The normalized spacial score (nSPS) is 11.4. The van der Waals surface area contributed by atoms with Crippen LogP contribution in [0.3, 0.4) is 0 Å². The van der Waals surface area contributed by atoms with Gasteiger partial charge < -0.3 is 9.47 Å². The van der Waals surface area contributed by atoms with Gasteiger partial charge in [0.2, 0.25) is 0 Å². The van der Waals surface area contributed by atoms with Crippen molar-refractivity contribution in [2.24, 2.45) is 5.10 Å². The third kappa shape index (κ3) is 5.51. The number of hydrogen-bond acceptors (Lipinski definition) is 4. The van der Waals surface area contributed by atoms with Crippen molar-refractivity contribution in [2.75, 3.05) is 13.2 Å². The van der Waals surface area contributed by atoms with Crippen molar-refractivity contribution >= 4 is 12.1 Å². The largest absolute Gasteiger partial charge is 0.490 e. The Hall–Kier alpha value is -3.03. The summed E-state index contributed by atoms with van der Waals surface area (Å²) in [4.78, 5) is 11.7. The third-order valence-corrected chi connectivity index (χ3v) is 3.17. The fourth-order valence-corrected chi connectivity index (χ4v) is 2.06. The molecule has 26 heavy (non-hydrogen) atoms. The first-order chi connectivity index (χ1) is 12.4. The average Bonchev–Trinajstić information content (AvgIpc) is 2.61. The maximum atomic E-state index is 12.9. The van der Waals surface area contributed by atoms with Crippen LogP contribution in [0.1, 0.15) is 18.1 Å². The monoisotopic (exact) mass is 366 g/mol.